The highest BCUT2D eigenvalue weighted by molar-refractivity contribution is 5.82. The Kier molecular flexibility index (Phi) is 5.26. The Morgan fingerprint density at radius 1 is 1.21 bits per heavy atom. The first kappa shape index (κ1) is 14.8. The van der Waals surface area contributed by atoms with Crippen LogP contribution in [0.25, 0.3) is 0 Å². The zero-order chi connectivity index (χ0) is 13.8. The molecule has 3 heteroatoms. The van der Waals surface area contributed by atoms with Gasteiger partial charge in [-0.3, -0.25) is 4.79 Å². The van der Waals surface area contributed by atoms with E-state index in [9.17, 15) is 4.79 Å². The van der Waals surface area contributed by atoms with Crippen LogP contribution in [-0.2, 0) is 4.79 Å². The van der Waals surface area contributed by atoms with Crippen molar-refractivity contribution in [1.82, 2.24) is 10.2 Å². The molecule has 0 spiro atoms. The van der Waals surface area contributed by atoms with Crippen LogP contribution >= 0.6 is 0 Å². The zero-order valence-electron chi connectivity index (χ0n) is 12.8. The predicted octanol–water partition coefficient (Wildman–Crippen LogP) is 2.94. The van der Waals surface area contributed by atoms with Gasteiger partial charge in [-0.25, -0.2) is 0 Å². The topological polar surface area (TPSA) is 32.3 Å². The van der Waals surface area contributed by atoms with Gasteiger partial charge in [0.25, 0.3) is 0 Å². The molecule has 0 aromatic rings. The summed E-state index contributed by atoms with van der Waals surface area (Å²) in [5.41, 5.74) is 0. The molecule has 19 heavy (non-hydrogen) atoms. The number of rotatable bonds is 4. The van der Waals surface area contributed by atoms with Crippen LogP contribution in [0, 0.1) is 5.92 Å². The van der Waals surface area contributed by atoms with Gasteiger partial charge in [0.05, 0.1) is 6.04 Å². The van der Waals surface area contributed by atoms with Crippen molar-refractivity contribution in [2.24, 2.45) is 5.92 Å². The van der Waals surface area contributed by atoms with Gasteiger partial charge in [0.1, 0.15) is 0 Å². The van der Waals surface area contributed by atoms with E-state index in [0.29, 0.717) is 18.0 Å². The maximum absolute atomic E-state index is 12.7. The van der Waals surface area contributed by atoms with E-state index in [-0.39, 0.29) is 6.04 Å². The standard InChI is InChI=1S/C16H30N2O/c1-4-12(3)18(5-2)16(19)15-11-10-13-8-6-7-9-14(13)17-15/h12-15,17H,4-11H2,1-3H3. The molecule has 2 rings (SSSR count). The maximum atomic E-state index is 12.7. The first-order chi connectivity index (χ1) is 9.17. The fourth-order valence-electron chi connectivity index (χ4n) is 3.80. The van der Waals surface area contributed by atoms with E-state index in [0.717, 1.165) is 25.3 Å². The van der Waals surface area contributed by atoms with Crippen LogP contribution in [0.4, 0.5) is 0 Å². The SMILES string of the molecule is CCC(C)N(CC)C(=O)C1CCC2CCCCC2N1. The molecule has 3 nitrogen and oxygen atoms in total. The summed E-state index contributed by atoms with van der Waals surface area (Å²) in [6, 6.07) is 1.05. The van der Waals surface area contributed by atoms with Crippen LogP contribution in [0.5, 0.6) is 0 Å². The average Bonchev–Trinajstić information content (AvgIpc) is 2.47. The lowest BCUT2D eigenvalue weighted by Gasteiger charge is -2.42. The second-order valence-corrected chi connectivity index (χ2v) is 6.33. The average molecular weight is 266 g/mol. The summed E-state index contributed by atoms with van der Waals surface area (Å²) in [4.78, 5) is 14.7. The quantitative estimate of drug-likeness (QED) is 0.848. The summed E-state index contributed by atoms with van der Waals surface area (Å²) in [6.45, 7) is 7.25. The van der Waals surface area contributed by atoms with E-state index >= 15 is 0 Å². The number of carbonyl (C=O) groups excluding carboxylic acids is 1. The van der Waals surface area contributed by atoms with E-state index in [2.05, 4.69) is 31.0 Å². The first-order valence-electron chi connectivity index (χ1n) is 8.23. The number of hydrogen-bond acceptors (Lipinski definition) is 2. The number of hydrogen-bond donors (Lipinski definition) is 1. The second kappa shape index (κ2) is 6.74. The molecule has 1 N–H and O–H groups in total. The Balaban J connectivity index is 1.95. The molecule has 4 atom stereocenters. The molecule has 1 aliphatic heterocycles. The van der Waals surface area contributed by atoms with Gasteiger partial charge in [-0.1, -0.05) is 19.8 Å². The van der Waals surface area contributed by atoms with Gasteiger partial charge in [-0.05, 0) is 51.9 Å². The lowest BCUT2D eigenvalue weighted by atomic mass is 9.77. The number of nitrogens with one attached hydrogen (secondary N) is 1. The molecular formula is C16H30N2O. The molecule has 0 aromatic heterocycles. The molecule has 4 unspecified atom stereocenters. The molecule has 1 amide bonds. The van der Waals surface area contributed by atoms with Crippen LogP contribution in [0.3, 0.4) is 0 Å². The van der Waals surface area contributed by atoms with Crippen molar-refractivity contribution in [3.8, 4) is 0 Å². The number of fused-ring (bicyclic) bond motifs is 1. The molecule has 110 valence electrons. The van der Waals surface area contributed by atoms with Crippen molar-refractivity contribution < 1.29 is 4.79 Å². The zero-order valence-corrected chi connectivity index (χ0v) is 12.8. The van der Waals surface area contributed by atoms with E-state index in [1.807, 2.05) is 0 Å². The molecule has 0 aromatic carbocycles. The highest BCUT2D eigenvalue weighted by atomic mass is 16.2. The largest absolute Gasteiger partial charge is 0.339 e. The van der Waals surface area contributed by atoms with Crippen molar-refractivity contribution in [1.29, 1.82) is 0 Å². The Bertz CT molecular complexity index is 305. The summed E-state index contributed by atoms with van der Waals surface area (Å²) in [5, 5.41) is 3.66. The molecule has 1 saturated carbocycles. The Morgan fingerprint density at radius 3 is 2.63 bits per heavy atom. The third-order valence-corrected chi connectivity index (χ3v) is 5.20. The van der Waals surface area contributed by atoms with E-state index < -0.39 is 0 Å². The van der Waals surface area contributed by atoms with Gasteiger partial charge in [0.15, 0.2) is 0 Å². The van der Waals surface area contributed by atoms with Crippen molar-refractivity contribution in [2.45, 2.75) is 83.8 Å². The minimum atomic E-state index is 0.0771. The monoisotopic (exact) mass is 266 g/mol. The van der Waals surface area contributed by atoms with Crippen LogP contribution in [0.2, 0.25) is 0 Å². The highest BCUT2D eigenvalue weighted by Gasteiger charge is 2.36. The van der Waals surface area contributed by atoms with Gasteiger partial charge in [0, 0.05) is 18.6 Å². The van der Waals surface area contributed by atoms with E-state index in [1.54, 1.807) is 0 Å². The van der Waals surface area contributed by atoms with Crippen molar-refractivity contribution >= 4 is 5.91 Å². The van der Waals surface area contributed by atoms with Crippen molar-refractivity contribution in [3.05, 3.63) is 0 Å². The third kappa shape index (κ3) is 3.31. The smallest absolute Gasteiger partial charge is 0.239 e. The van der Waals surface area contributed by atoms with Crippen LogP contribution in [-0.4, -0.2) is 35.5 Å². The normalized spacial score (nSPS) is 32.5. The predicted molar refractivity (Wildman–Crippen MR) is 79.0 cm³/mol. The Labute approximate surface area is 118 Å². The van der Waals surface area contributed by atoms with E-state index in [4.69, 9.17) is 0 Å². The second-order valence-electron chi connectivity index (χ2n) is 6.33. The number of carbonyl (C=O) groups is 1. The molecular weight excluding hydrogens is 236 g/mol. The summed E-state index contributed by atoms with van der Waals surface area (Å²) in [7, 11) is 0. The summed E-state index contributed by atoms with van der Waals surface area (Å²) >= 11 is 0. The van der Waals surface area contributed by atoms with Gasteiger partial charge in [0.2, 0.25) is 5.91 Å². The summed E-state index contributed by atoms with van der Waals surface area (Å²) in [6.07, 6.45) is 8.66. The minimum absolute atomic E-state index is 0.0771. The van der Waals surface area contributed by atoms with Crippen LogP contribution in [0.15, 0.2) is 0 Å². The van der Waals surface area contributed by atoms with Gasteiger partial charge < -0.3 is 10.2 Å². The summed E-state index contributed by atoms with van der Waals surface area (Å²) in [5.74, 6) is 1.16. The summed E-state index contributed by atoms with van der Waals surface area (Å²) < 4.78 is 0. The van der Waals surface area contributed by atoms with Crippen molar-refractivity contribution in [3.63, 3.8) is 0 Å². The number of piperidine rings is 1. The molecule has 1 aliphatic carbocycles. The van der Waals surface area contributed by atoms with Gasteiger partial charge >= 0.3 is 0 Å². The molecule has 1 saturated heterocycles. The van der Waals surface area contributed by atoms with Crippen molar-refractivity contribution in [2.75, 3.05) is 6.54 Å². The number of amides is 1. The van der Waals surface area contributed by atoms with Gasteiger partial charge in [-0.15, -0.1) is 0 Å². The van der Waals surface area contributed by atoms with Crippen LogP contribution < -0.4 is 5.32 Å². The Hall–Kier alpha value is -0.570. The lowest BCUT2D eigenvalue weighted by Crippen LogP contribution is -2.56. The molecule has 0 bridgehead atoms. The molecule has 1 heterocycles. The number of likely N-dealkylation sites (N-methyl/N-ethyl adjacent to an activating group) is 1. The third-order valence-electron chi connectivity index (χ3n) is 5.20. The Morgan fingerprint density at radius 2 is 1.95 bits per heavy atom. The fourth-order valence-corrected chi connectivity index (χ4v) is 3.80. The van der Waals surface area contributed by atoms with Gasteiger partial charge in [-0.2, -0.15) is 0 Å². The molecule has 2 fully saturated rings. The number of nitrogens with zero attached hydrogens (tertiary/aromatic N) is 1. The highest BCUT2D eigenvalue weighted by Crippen LogP contribution is 2.32. The molecule has 0 radical (unpaired) electrons. The molecule has 2 aliphatic rings. The van der Waals surface area contributed by atoms with E-state index in [1.165, 1.54) is 32.1 Å². The lowest BCUT2D eigenvalue weighted by molar-refractivity contribution is -0.136. The van der Waals surface area contributed by atoms with Crippen LogP contribution in [0.1, 0.15) is 65.7 Å². The fraction of sp³-hybridized carbons (Fsp3) is 0.938. The first-order valence-corrected chi connectivity index (χ1v) is 8.23. The maximum Gasteiger partial charge on any atom is 0.239 e. The minimum Gasteiger partial charge on any atom is -0.339 e.